The minimum atomic E-state index is -1.34. The second-order valence-electron chi connectivity index (χ2n) is 30.3. The fraction of sp³-hybridized carbons (Fsp3) is 0.836. The van der Waals surface area contributed by atoms with Gasteiger partial charge in [0.1, 0.15) is 48.4 Å². The van der Waals surface area contributed by atoms with Gasteiger partial charge >= 0.3 is 6.09 Å². The van der Waals surface area contributed by atoms with Crippen molar-refractivity contribution in [3.05, 3.63) is 0 Å². The van der Waals surface area contributed by atoms with E-state index in [1.54, 1.807) is 55.4 Å². The van der Waals surface area contributed by atoms with Gasteiger partial charge in [-0.05, 0) is 121 Å². The monoisotopic (exact) mass is 1420 g/mol. The number of fused-ring (bicyclic) bond motifs is 1. The van der Waals surface area contributed by atoms with Crippen LogP contribution in [0.4, 0.5) is 4.79 Å². The summed E-state index contributed by atoms with van der Waals surface area (Å²) in [6.45, 7) is 34.4. The fourth-order valence-electron chi connectivity index (χ4n) is 13.6. The van der Waals surface area contributed by atoms with Gasteiger partial charge in [0.25, 0.3) is 5.91 Å². The topological polar surface area (TPSA) is 304 Å². The lowest BCUT2D eigenvalue weighted by Gasteiger charge is -2.50. The van der Waals surface area contributed by atoms with E-state index in [0.717, 1.165) is 31.1 Å². The Morgan fingerprint density at radius 1 is 0.560 bits per heavy atom. The van der Waals surface area contributed by atoms with E-state index in [4.69, 9.17) is 19.0 Å². The number of likely N-dealkylation sites (N-methyl/N-ethyl adjacent to an activating group) is 6. The molecule has 3 heterocycles. The third-order valence-corrected chi connectivity index (χ3v) is 20.0. The van der Waals surface area contributed by atoms with E-state index in [0.29, 0.717) is 45.4 Å². The van der Waals surface area contributed by atoms with Crippen LogP contribution >= 0.6 is 0 Å². The number of nitrogens with zero attached hydrogens (tertiary/aromatic N) is 8. The van der Waals surface area contributed by atoms with Crippen LogP contribution < -0.4 is 16.0 Å². The summed E-state index contributed by atoms with van der Waals surface area (Å²) in [6.07, 6.45) is 0.537. The molecule has 27 nitrogen and oxygen atoms in total. The van der Waals surface area contributed by atoms with Gasteiger partial charge in [0.15, 0.2) is 17.6 Å². The highest BCUT2D eigenvalue weighted by molar-refractivity contribution is 6.00. The number of carbonyl (C=O) groups is 12. The molecule has 0 aliphatic carbocycles. The van der Waals surface area contributed by atoms with E-state index in [1.165, 1.54) is 85.5 Å². The molecule has 3 N–H and O–H groups in total. The zero-order valence-electron chi connectivity index (χ0n) is 65.0. The smallest absolute Gasteiger partial charge is 0.407 e. The molecule has 3 saturated heterocycles. The van der Waals surface area contributed by atoms with Crippen LogP contribution in [0.3, 0.4) is 0 Å². The first kappa shape index (κ1) is 87.9. The summed E-state index contributed by atoms with van der Waals surface area (Å²) in [5.74, 6) is -10.5. The lowest BCUT2D eigenvalue weighted by atomic mass is 9.85. The predicted octanol–water partition coefficient (Wildman–Crippen LogP) is 5.58. The number of morpholine rings is 1. The highest BCUT2D eigenvalue weighted by Gasteiger charge is 2.55. The molecule has 3 rings (SSSR count). The third-order valence-electron chi connectivity index (χ3n) is 20.0. The van der Waals surface area contributed by atoms with Gasteiger partial charge in [-0.15, -0.1) is 0 Å². The summed E-state index contributed by atoms with van der Waals surface area (Å²) in [4.78, 5) is 193. The van der Waals surface area contributed by atoms with Crippen LogP contribution in [0.15, 0.2) is 0 Å². The molecule has 3 fully saturated rings. The molecular weight excluding hydrogens is 1290 g/mol. The van der Waals surface area contributed by atoms with Gasteiger partial charge in [-0.1, -0.05) is 96.4 Å². The Morgan fingerprint density at radius 2 is 1.10 bits per heavy atom. The van der Waals surface area contributed by atoms with Gasteiger partial charge in [-0.3, -0.25) is 62.5 Å². The first-order valence-electron chi connectivity index (χ1n) is 36.9. The van der Waals surface area contributed by atoms with E-state index in [-0.39, 0.29) is 75.4 Å². The fourth-order valence-corrected chi connectivity index (χ4v) is 13.6. The van der Waals surface area contributed by atoms with E-state index >= 15 is 33.6 Å². The number of hydrogen-bond donors (Lipinski definition) is 3. The summed E-state index contributed by atoms with van der Waals surface area (Å²) in [6, 6.07) is -10.9. The van der Waals surface area contributed by atoms with Crippen molar-refractivity contribution in [3.8, 4) is 0 Å². The lowest BCUT2D eigenvalue weighted by Crippen LogP contribution is -2.72. The Hall–Kier alpha value is -6.32. The van der Waals surface area contributed by atoms with Crippen LogP contribution in [0.2, 0.25) is 0 Å². The highest BCUT2D eigenvalue weighted by atomic mass is 16.7. The standard InChI is InChI=1S/C73H129N11O16/c1-24-54-69(92)77(18)51(16)67(90)82(23)61(52(17)99-35-29-28-32-83-33-36-97-37-34-83)59(86)42-53(46(9)10)68(91)78(19)55(38-43(3)4)58(85)41-49(14)64(87)75-50(15)66(89)79(20)56(39-44(5)6)70(93)80(21)57(40-45(7)8)71(94)81(22)60(47(11)12)72(95)84-62(65(88)76-54)63(100-84)48(13)30-26-27-31-74-73(96)98-25-2/h43-57,60-63H,24-42H2,1-23H3,(H,74,96)(H,75,87)(H,76,88)/t48-,49-,50-,51-,52-,53+,54+,55+,56+,57+,60+,61+,62+,63-/m1/s1. The van der Waals surface area contributed by atoms with Crippen molar-refractivity contribution in [2.24, 2.45) is 47.3 Å². The summed E-state index contributed by atoms with van der Waals surface area (Å²) >= 11 is 0. The Morgan fingerprint density at radius 3 is 1.64 bits per heavy atom. The zero-order chi connectivity index (χ0) is 75.9. The summed E-state index contributed by atoms with van der Waals surface area (Å²) in [5.41, 5.74) is 0. The normalized spacial score (nSPS) is 27.6. The Balaban J connectivity index is 2.29. The summed E-state index contributed by atoms with van der Waals surface area (Å²) < 4.78 is 16.9. The molecule has 0 unspecified atom stereocenters. The average molecular weight is 1420 g/mol. The van der Waals surface area contributed by atoms with Crippen LogP contribution in [0.1, 0.15) is 188 Å². The minimum absolute atomic E-state index is 0.0332. The first-order chi connectivity index (χ1) is 46.8. The number of amides is 10. The van der Waals surface area contributed by atoms with Gasteiger partial charge in [-0.2, -0.15) is 0 Å². The molecule has 0 aromatic heterocycles. The van der Waals surface area contributed by atoms with Crippen LogP contribution in [-0.2, 0) is 71.8 Å². The van der Waals surface area contributed by atoms with Crippen molar-refractivity contribution < 1.29 is 76.6 Å². The van der Waals surface area contributed by atoms with Gasteiger partial charge in [0.2, 0.25) is 47.3 Å². The second-order valence-corrected chi connectivity index (χ2v) is 30.3. The molecule has 0 saturated carbocycles. The van der Waals surface area contributed by atoms with Crippen molar-refractivity contribution >= 4 is 70.8 Å². The number of alkyl carbamates (subject to hydrolysis) is 1. The number of carbonyl (C=O) groups excluding carboxylic acids is 12. The number of Topliss-reactive ketones (excluding diaryl/α,β-unsaturated/α-hetero) is 2. The van der Waals surface area contributed by atoms with Gasteiger partial charge in [-0.25, -0.2) is 9.86 Å². The van der Waals surface area contributed by atoms with Crippen molar-refractivity contribution in [2.45, 2.75) is 255 Å². The molecule has 10 amide bonds. The largest absolute Gasteiger partial charge is 0.450 e. The molecule has 0 spiro atoms. The molecule has 100 heavy (non-hydrogen) atoms. The Bertz CT molecular complexity index is 2730. The van der Waals surface area contributed by atoms with Crippen molar-refractivity contribution in [3.63, 3.8) is 0 Å². The van der Waals surface area contributed by atoms with E-state index in [9.17, 15) is 24.0 Å². The van der Waals surface area contributed by atoms with Crippen molar-refractivity contribution in [1.29, 1.82) is 0 Å². The second kappa shape index (κ2) is 41.7. The number of ketones is 2. The maximum absolute atomic E-state index is 15.3. The van der Waals surface area contributed by atoms with E-state index in [1.807, 2.05) is 48.5 Å². The molecule has 14 atom stereocenters. The predicted molar refractivity (Wildman–Crippen MR) is 380 cm³/mol. The van der Waals surface area contributed by atoms with Gasteiger partial charge in [0, 0.05) is 93.2 Å². The maximum Gasteiger partial charge on any atom is 0.407 e. The van der Waals surface area contributed by atoms with Crippen LogP contribution in [-0.4, -0.2) is 272 Å². The number of hydroxylamine groups is 2. The third kappa shape index (κ3) is 24.7. The van der Waals surface area contributed by atoms with Crippen molar-refractivity contribution in [2.75, 3.05) is 94.9 Å². The average Bonchev–Trinajstić information content (AvgIpc) is 0.756. The van der Waals surface area contributed by atoms with E-state index < -0.39 is 161 Å². The number of unbranched alkanes of at least 4 members (excludes halogenated alkanes) is 2. The quantitative estimate of drug-likeness (QED) is 0.105. The lowest BCUT2D eigenvalue weighted by molar-refractivity contribution is -0.322. The molecule has 0 aromatic rings. The number of hydrogen-bond acceptors (Lipinski definition) is 17. The molecule has 3 aliphatic heterocycles. The summed E-state index contributed by atoms with van der Waals surface area (Å²) in [7, 11) is 8.78. The van der Waals surface area contributed by atoms with E-state index in [2.05, 4.69) is 20.9 Å². The minimum Gasteiger partial charge on any atom is -0.450 e. The number of rotatable bonds is 23. The molecule has 572 valence electrons. The van der Waals surface area contributed by atoms with Gasteiger partial charge in [0.05, 0.1) is 32.0 Å². The van der Waals surface area contributed by atoms with Gasteiger partial charge < -0.3 is 59.6 Å². The number of nitrogens with one attached hydrogen (secondary N) is 3. The molecule has 27 heteroatoms. The molecular formula is C73H129N11O16. The molecule has 0 aromatic carbocycles. The molecule has 0 bridgehead atoms. The maximum atomic E-state index is 15.3. The SMILES string of the molecule is CCOC(=O)NCCCC[C@@H](C)[C@H]1ON2C(=O)[C@H](C(C)C)N(C)C(=O)[C@H](CC(C)C)N(C)C(=O)[C@H](CC(C)C)N(C)C(=O)[C@@H](C)NC(=O)[C@H](C)CC(=O)[C@H](CC(C)C)N(C)C(=O)[C@H](C(C)C)CC(=O)[C@H]([C@@H](C)OCCCCN3CCOCC3)N(C)C(=O)[C@@H](C)N(C)C(=O)[C@H](CC)NC(=O)[C@H]12. The molecule has 0 radical (unpaired) electrons. The summed E-state index contributed by atoms with van der Waals surface area (Å²) in [5, 5.41) is 9.30. The highest BCUT2D eigenvalue weighted by Crippen LogP contribution is 2.35. The van der Waals surface area contributed by atoms with Crippen molar-refractivity contribution in [1.82, 2.24) is 55.3 Å². The van der Waals surface area contributed by atoms with Crippen LogP contribution in [0, 0.1) is 47.3 Å². The zero-order valence-corrected chi connectivity index (χ0v) is 65.0. The molecule has 3 aliphatic rings. The van der Waals surface area contributed by atoms with Crippen LogP contribution in [0.25, 0.3) is 0 Å². The Labute approximate surface area is 597 Å². The first-order valence-corrected chi connectivity index (χ1v) is 36.9. The number of ether oxygens (including phenoxy) is 3. The Kier molecular flexibility index (Phi) is 36.7. The van der Waals surface area contributed by atoms with Crippen LogP contribution in [0.5, 0.6) is 0 Å².